The van der Waals surface area contributed by atoms with Crippen LogP contribution in [-0.2, 0) is 20.6 Å². The zero-order chi connectivity index (χ0) is 24.7. The number of benzene rings is 3. The monoisotopic (exact) mass is 576 g/mol. The molecule has 11 heteroatoms. The van der Waals surface area contributed by atoms with Gasteiger partial charge in [-0.2, -0.15) is 11.8 Å². The van der Waals surface area contributed by atoms with Crippen LogP contribution < -0.4 is 9.62 Å². The van der Waals surface area contributed by atoms with Crippen molar-refractivity contribution < 1.29 is 13.2 Å². The molecule has 0 unspecified atom stereocenters. The van der Waals surface area contributed by atoms with E-state index in [0.29, 0.717) is 33.1 Å². The molecule has 3 aromatic carbocycles. The fraction of sp³-hybridized carbons (Fsp3) is 0.174. The number of rotatable bonds is 10. The number of sulfonamides is 1. The second-order valence-corrected chi connectivity index (χ2v) is 11.7. The van der Waals surface area contributed by atoms with E-state index in [1.165, 1.54) is 24.3 Å². The molecule has 0 saturated carbocycles. The first kappa shape index (κ1) is 27.0. The third-order valence-corrected chi connectivity index (χ3v) is 8.71. The summed E-state index contributed by atoms with van der Waals surface area (Å²) in [5.41, 5.74) is 1.14. The average Bonchev–Trinajstić information content (AvgIpc) is 2.81. The minimum atomic E-state index is -4.07. The van der Waals surface area contributed by atoms with E-state index in [1.807, 2.05) is 6.07 Å². The predicted octanol–water partition coefficient (Wildman–Crippen LogP) is 6.55. The SMILES string of the molecule is O=C(CN(c1cc(Cl)ccc1Cl)S(=O)(=O)c1ccccc1)NCCSCc1ccc(Cl)c(Cl)c1. The smallest absolute Gasteiger partial charge is 0.264 e. The molecule has 0 atom stereocenters. The maximum Gasteiger partial charge on any atom is 0.264 e. The first-order valence-corrected chi connectivity index (χ1v) is 14.1. The fourth-order valence-electron chi connectivity index (χ4n) is 2.96. The second kappa shape index (κ2) is 12.4. The third kappa shape index (κ3) is 7.20. The highest BCUT2D eigenvalue weighted by atomic mass is 35.5. The zero-order valence-electron chi connectivity index (χ0n) is 17.7. The van der Waals surface area contributed by atoms with Gasteiger partial charge in [0.05, 0.1) is 25.7 Å². The fourth-order valence-corrected chi connectivity index (χ4v) is 5.98. The Morgan fingerprint density at radius 3 is 2.29 bits per heavy atom. The molecule has 0 spiro atoms. The van der Waals surface area contributed by atoms with E-state index < -0.39 is 22.5 Å². The van der Waals surface area contributed by atoms with Crippen molar-refractivity contribution in [3.05, 3.63) is 92.4 Å². The van der Waals surface area contributed by atoms with Gasteiger partial charge in [-0.3, -0.25) is 9.10 Å². The Bertz CT molecular complexity index is 1260. The molecular weight excluding hydrogens is 558 g/mol. The molecule has 0 heterocycles. The number of nitrogens with zero attached hydrogens (tertiary/aromatic N) is 1. The molecule has 0 radical (unpaired) electrons. The van der Waals surface area contributed by atoms with Gasteiger partial charge < -0.3 is 5.32 Å². The third-order valence-electron chi connectivity index (χ3n) is 4.62. The lowest BCUT2D eigenvalue weighted by molar-refractivity contribution is -0.119. The predicted molar refractivity (Wildman–Crippen MR) is 143 cm³/mol. The summed E-state index contributed by atoms with van der Waals surface area (Å²) in [5, 5.41) is 4.21. The lowest BCUT2D eigenvalue weighted by Crippen LogP contribution is -2.41. The van der Waals surface area contributed by atoms with Gasteiger partial charge in [-0.15, -0.1) is 0 Å². The zero-order valence-corrected chi connectivity index (χ0v) is 22.3. The summed E-state index contributed by atoms with van der Waals surface area (Å²) in [4.78, 5) is 12.7. The quantitative estimate of drug-likeness (QED) is 0.278. The maximum atomic E-state index is 13.3. The van der Waals surface area contributed by atoms with Crippen LogP contribution in [0.3, 0.4) is 0 Å². The van der Waals surface area contributed by atoms with Gasteiger partial charge in [0, 0.05) is 23.1 Å². The van der Waals surface area contributed by atoms with Crippen molar-refractivity contribution in [3.8, 4) is 0 Å². The van der Waals surface area contributed by atoms with Crippen LogP contribution in [0.1, 0.15) is 5.56 Å². The van der Waals surface area contributed by atoms with Crippen LogP contribution in [0, 0.1) is 0 Å². The van der Waals surface area contributed by atoms with Gasteiger partial charge in [-0.05, 0) is 48.0 Å². The topological polar surface area (TPSA) is 66.5 Å². The van der Waals surface area contributed by atoms with Crippen molar-refractivity contribution in [2.24, 2.45) is 0 Å². The number of carbonyl (C=O) groups excluding carboxylic acids is 1. The molecule has 0 aliphatic heterocycles. The highest BCUT2D eigenvalue weighted by Gasteiger charge is 2.28. The summed E-state index contributed by atoms with van der Waals surface area (Å²) in [6.45, 7) is -0.0952. The molecule has 0 aliphatic carbocycles. The molecule has 0 bridgehead atoms. The molecule has 34 heavy (non-hydrogen) atoms. The van der Waals surface area contributed by atoms with Gasteiger partial charge in [-0.25, -0.2) is 8.42 Å². The van der Waals surface area contributed by atoms with Crippen molar-refractivity contribution in [1.29, 1.82) is 0 Å². The number of hydrogen-bond donors (Lipinski definition) is 1. The minimum Gasteiger partial charge on any atom is -0.354 e. The van der Waals surface area contributed by atoms with Gasteiger partial charge in [0.25, 0.3) is 10.0 Å². The Balaban J connectivity index is 1.66. The second-order valence-electron chi connectivity index (χ2n) is 7.07. The molecule has 5 nitrogen and oxygen atoms in total. The number of thioether (sulfide) groups is 1. The van der Waals surface area contributed by atoms with Crippen molar-refractivity contribution in [3.63, 3.8) is 0 Å². The summed E-state index contributed by atoms with van der Waals surface area (Å²) in [7, 11) is -4.07. The van der Waals surface area contributed by atoms with Crippen molar-refractivity contribution in [2.75, 3.05) is 23.1 Å². The van der Waals surface area contributed by atoms with Crippen molar-refractivity contribution >= 4 is 79.8 Å². The summed E-state index contributed by atoms with van der Waals surface area (Å²) in [5.74, 6) is 0.847. The van der Waals surface area contributed by atoms with Crippen molar-refractivity contribution in [1.82, 2.24) is 5.32 Å². The number of carbonyl (C=O) groups is 1. The maximum absolute atomic E-state index is 13.3. The van der Waals surface area contributed by atoms with Crippen LogP contribution in [0.5, 0.6) is 0 Å². The van der Waals surface area contributed by atoms with E-state index in [0.717, 1.165) is 9.87 Å². The first-order valence-electron chi connectivity index (χ1n) is 9.99. The Morgan fingerprint density at radius 2 is 1.59 bits per heavy atom. The lowest BCUT2D eigenvalue weighted by atomic mass is 10.2. The van der Waals surface area contributed by atoms with Gasteiger partial charge in [-0.1, -0.05) is 70.7 Å². The van der Waals surface area contributed by atoms with Gasteiger partial charge in [0.15, 0.2) is 0 Å². The molecule has 0 aromatic heterocycles. The van der Waals surface area contributed by atoms with E-state index in [2.05, 4.69) is 5.32 Å². The molecule has 1 N–H and O–H groups in total. The van der Waals surface area contributed by atoms with Crippen LogP contribution in [0.4, 0.5) is 5.69 Å². The molecular formula is C23H20Cl4N2O3S2. The summed E-state index contributed by atoms with van der Waals surface area (Å²) in [6.07, 6.45) is 0. The first-order chi connectivity index (χ1) is 16.2. The summed E-state index contributed by atoms with van der Waals surface area (Å²) >= 11 is 25.9. The number of amides is 1. The van der Waals surface area contributed by atoms with Crippen LogP contribution in [0.15, 0.2) is 71.6 Å². The molecule has 0 saturated heterocycles. The van der Waals surface area contributed by atoms with E-state index >= 15 is 0 Å². The molecule has 0 fully saturated rings. The van der Waals surface area contributed by atoms with Crippen molar-refractivity contribution in [2.45, 2.75) is 10.6 Å². The average molecular weight is 578 g/mol. The molecule has 3 rings (SSSR count). The molecule has 3 aromatic rings. The molecule has 0 aliphatic rings. The molecule has 1 amide bonds. The number of nitrogens with one attached hydrogen (secondary N) is 1. The Hall–Kier alpha value is -1.61. The Labute approximate surface area is 223 Å². The highest BCUT2D eigenvalue weighted by molar-refractivity contribution is 7.98. The van der Waals surface area contributed by atoms with E-state index in [-0.39, 0.29) is 15.6 Å². The number of anilines is 1. The van der Waals surface area contributed by atoms with Crippen LogP contribution >= 0.6 is 58.2 Å². The standard InChI is InChI=1S/C23H20Cl4N2O3S2/c24-17-7-9-20(26)22(13-17)29(34(31,32)18-4-2-1-3-5-18)14-23(30)28-10-11-33-15-16-6-8-19(25)21(27)12-16/h1-9,12-13H,10-11,14-15H2,(H,28,30). The lowest BCUT2D eigenvalue weighted by Gasteiger charge is -2.25. The Morgan fingerprint density at radius 1 is 0.882 bits per heavy atom. The minimum absolute atomic E-state index is 0.0380. The number of halogens is 4. The highest BCUT2D eigenvalue weighted by Crippen LogP contribution is 2.33. The van der Waals surface area contributed by atoms with E-state index in [1.54, 1.807) is 48.2 Å². The number of hydrogen-bond acceptors (Lipinski definition) is 4. The van der Waals surface area contributed by atoms with Crippen LogP contribution in [0.25, 0.3) is 0 Å². The summed E-state index contributed by atoms with van der Waals surface area (Å²) < 4.78 is 27.6. The van der Waals surface area contributed by atoms with Gasteiger partial charge >= 0.3 is 0 Å². The molecule has 180 valence electrons. The van der Waals surface area contributed by atoms with Crippen LogP contribution in [-0.4, -0.2) is 33.2 Å². The Kier molecular flexibility index (Phi) is 9.83. The normalized spacial score (nSPS) is 11.3. The van der Waals surface area contributed by atoms with Crippen LogP contribution in [0.2, 0.25) is 20.1 Å². The van der Waals surface area contributed by atoms with E-state index in [9.17, 15) is 13.2 Å². The largest absolute Gasteiger partial charge is 0.354 e. The summed E-state index contributed by atoms with van der Waals surface area (Å²) in [6, 6.07) is 17.7. The van der Waals surface area contributed by atoms with Gasteiger partial charge in [0.2, 0.25) is 5.91 Å². The van der Waals surface area contributed by atoms with E-state index in [4.69, 9.17) is 46.4 Å². The van der Waals surface area contributed by atoms with Gasteiger partial charge in [0.1, 0.15) is 6.54 Å².